The summed E-state index contributed by atoms with van der Waals surface area (Å²) in [4.78, 5) is 28.4. The lowest BCUT2D eigenvalue weighted by Gasteiger charge is -2.34. The van der Waals surface area contributed by atoms with Crippen LogP contribution in [0.3, 0.4) is 0 Å². The third kappa shape index (κ3) is 4.83. The number of hydrogen-bond donors (Lipinski definition) is 1. The molecule has 0 bridgehead atoms. The highest BCUT2D eigenvalue weighted by molar-refractivity contribution is 6.03. The molecule has 2 aromatic rings. The van der Waals surface area contributed by atoms with Crippen LogP contribution in [0.4, 0.5) is 10.1 Å². The number of hydrogen-bond acceptors (Lipinski definition) is 5. The van der Waals surface area contributed by atoms with Gasteiger partial charge in [0.15, 0.2) is 11.5 Å². The van der Waals surface area contributed by atoms with Crippen LogP contribution in [0.15, 0.2) is 42.5 Å². The molecule has 29 heavy (non-hydrogen) atoms. The van der Waals surface area contributed by atoms with Gasteiger partial charge in [-0.1, -0.05) is 6.07 Å². The van der Waals surface area contributed by atoms with Crippen molar-refractivity contribution in [3.8, 4) is 11.5 Å². The van der Waals surface area contributed by atoms with Crippen molar-refractivity contribution in [2.75, 3.05) is 38.3 Å². The number of nitrogens with one attached hydrogen (secondary N) is 1. The van der Waals surface area contributed by atoms with E-state index in [1.165, 1.54) is 24.3 Å². The van der Waals surface area contributed by atoms with Gasteiger partial charge in [-0.15, -0.1) is 0 Å². The van der Waals surface area contributed by atoms with Crippen molar-refractivity contribution < 1.29 is 23.5 Å². The van der Waals surface area contributed by atoms with E-state index in [1.54, 1.807) is 4.90 Å². The van der Waals surface area contributed by atoms with Gasteiger partial charge in [0.05, 0.1) is 0 Å². The van der Waals surface area contributed by atoms with Crippen LogP contribution in [0.25, 0.3) is 0 Å². The normalized spacial score (nSPS) is 16.0. The number of fused-ring (bicyclic) bond motifs is 1. The molecule has 4 rings (SSSR count). The zero-order valence-corrected chi connectivity index (χ0v) is 15.9. The molecule has 7 nitrogen and oxygen atoms in total. The van der Waals surface area contributed by atoms with Crippen molar-refractivity contribution in [3.63, 3.8) is 0 Å². The lowest BCUT2D eigenvalue weighted by molar-refractivity contribution is -0.136. The Kier molecular flexibility index (Phi) is 5.62. The fourth-order valence-corrected chi connectivity index (χ4v) is 3.44. The average molecular weight is 399 g/mol. The molecule has 2 aliphatic heterocycles. The number of anilines is 1. The summed E-state index contributed by atoms with van der Waals surface area (Å²) in [6.45, 7) is 3.65. The Labute approximate surface area is 168 Å². The van der Waals surface area contributed by atoms with Gasteiger partial charge in [-0.05, 0) is 42.0 Å². The Morgan fingerprint density at radius 1 is 0.966 bits per heavy atom. The lowest BCUT2D eigenvalue weighted by atomic mass is 10.1. The van der Waals surface area contributed by atoms with Gasteiger partial charge in [0.25, 0.3) is 0 Å². The number of carbonyl (C=O) groups is 2. The number of ether oxygens (including phenoxy) is 2. The van der Waals surface area contributed by atoms with Gasteiger partial charge < -0.3 is 19.7 Å². The van der Waals surface area contributed by atoms with E-state index in [-0.39, 0.29) is 24.9 Å². The number of benzene rings is 2. The first-order valence-electron chi connectivity index (χ1n) is 9.51. The average Bonchev–Trinajstić information content (AvgIpc) is 3.18. The first-order valence-corrected chi connectivity index (χ1v) is 9.51. The van der Waals surface area contributed by atoms with Crippen molar-refractivity contribution in [2.45, 2.75) is 13.0 Å². The molecule has 0 saturated carbocycles. The van der Waals surface area contributed by atoms with E-state index in [9.17, 15) is 14.0 Å². The van der Waals surface area contributed by atoms with Gasteiger partial charge in [-0.25, -0.2) is 4.39 Å². The van der Waals surface area contributed by atoms with E-state index >= 15 is 0 Å². The second-order valence-electron chi connectivity index (χ2n) is 7.08. The molecule has 2 amide bonds. The van der Waals surface area contributed by atoms with Crippen molar-refractivity contribution in [1.29, 1.82) is 0 Å². The van der Waals surface area contributed by atoms with Crippen molar-refractivity contribution in [1.82, 2.24) is 9.80 Å². The number of halogens is 1. The first kappa shape index (κ1) is 19.2. The second kappa shape index (κ2) is 8.48. The summed E-state index contributed by atoms with van der Waals surface area (Å²) >= 11 is 0. The summed E-state index contributed by atoms with van der Waals surface area (Å²) in [7, 11) is 0. The highest BCUT2D eigenvalue weighted by Crippen LogP contribution is 2.32. The van der Waals surface area contributed by atoms with Crippen molar-refractivity contribution in [3.05, 3.63) is 53.8 Å². The Balaban J connectivity index is 1.23. The van der Waals surface area contributed by atoms with E-state index in [4.69, 9.17) is 9.47 Å². The molecule has 1 N–H and O–H groups in total. The van der Waals surface area contributed by atoms with E-state index in [1.807, 2.05) is 18.2 Å². The fourth-order valence-electron chi connectivity index (χ4n) is 3.44. The highest BCUT2D eigenvalue weighted by atomic mass is 19.1. The largest absolute Gasteiger partial charge is 0.454 e. The van der Waals surface area contributed by atoms with Crippen molar-refractivity contribution in [2.24, 2.45) is 0 Å². The van der Waals surface area contributed by atoms with Gasteiger partial charge >= 0.3 is 0 Å². The van der Waals surface area contributed by atoms with Crippen molar-refractivity contribution >= 4 is 17.5 Å². The quantitative estimate of drug-likeness (QED) is 0.781. The van der Waals surface area contributed by atoms with Crippen LogP contribution < -0.4 is 14.8 Å². The summed E-state index contributed by atoms with van der Waals surface area (Å²) in [5.74, 6) is 0.556. The molecule has 1 saturated heterocycles. The maximum atomic E-state index is 12.9. The Morgan fingerprint density at radius 3 is 2.45 bits per heavy atom. The fraction of sp³-hybridized carbons (Fsp3) is 0.333. The molecular formula is C21H22FN3O4. The molecule has 2 aromatic carbocycles. The Bertz CT molecular complexity index is 895. The number of rotatable bonds is 5. The minimum atomic E-state index is -0.399. The molecule has 2 aliphatic rings. The third-order valence-electron chi connectivity index (χ3n) is 5.01. The van der Waals surface area contributed by atoms with Gasteiger partial charge in [0.2, 0.25) is 18.6 Å². The van der Waals surface area contributed by atoms with Crippen LogP contribution in [0, 0.1) is 5.82 Å². The summed E-state index contributed by atoms with van der Waals surface area (Å²) < 4.78 is 23.7. The summed E-state index contributed by atoms with van der Waals surface area (Å²) in [6, 6.07) is 11.4. The molecular weight excluding hydrogens is 377 g/mol. The minimum Gasteiger partial charge on any atom is -0.454 e. The third-order valence-corrected chi connectivity index (χ3v) is 5.01. The van der Waals surface area contributed by atoms with Gasteiger partial charge in [-0.2, -0.15) is 0 Å². The molecule has 1 fully saturated rings. The zero-order valence-electron chi connectivity index (χ0n) is 15.9. The number of piperazine rings is 1. The predicted octanol–water partition coefficient (Wildman–Crippen LogP) is 2.23. The summed E-state index contributed by atoms with van der Waals surface area (Å²) in [6.07, 6.45) is -0.223. The van der Waals surface area contributed by atoms with Crippen LogP contribution in [-0.4, -0.2) is 54.6 Å². The topological polar surface area (TPSA) is 71.1 Å². The molecule has 0 spiro atoms. The summed E-state index contributed by atoms with van der Waals surface area (Å²) in [5.41, 5.74) is 1.60. The Morgan fingerprint density at radius 2 is 1.69 bits per heavy atom. The molecule has 0 aromatic heterocycles. The van der Waals surface area contributed by atoms with Gasteiger partial charge in [-0.3, -0.25) is 14.5 Å². The van der Waals surface area contributed by atoms with E-state index < -0.39 is 5.91 Å². The zero-order chi connectivity index (χ0) is 20.2. The molecule has 8 heteroatoms. The van der Waals surface area contributed by atoms with Crippen LogP contribution in [-0.2, 0) is 16.1 Å². The predicted molar refractivity (Wildman–Crippen MR) is 104 cm³/mol. The maximum absolute atomic E-state index is 12.9. The van der Waals surface area contributed by atoms with E-state index in [0.29, 0.717) is 18.8 Å². The smallest absolute Gasteiger partial charge is 0.233 e. The molecule has 0 unspecified atom stereocenters. The van der Waals surface area contributed by atoms with E-state index in [0.717, 1.165) is 36.7 Å². The molecule has 0 radical (unpaired) electrons. The maximum Gasteiger partial charge on any atom is 0.233 e. The molecule has 0 atom stereocenters. The number of amides is 2. The Hall–Kier alpha value is -3.13. The van der Waals surface area contributed by atoms with Crippen LogP contribution in [0.2, 0.25) is 0 Å². The number of carbonyl (C=O) groups excluding carboxylic acids is 2. The standard InChI is InChI=1S/C21H22FN3O4/c22-16-2-4-17(5-3-16)23-20(26)12-21(27)25-9-7-24(8-10-25)13-15-1-6-18-19(11-15)29-14-28-18/h1-6,11H,7-10,12-14H2,(H,23,26). The summed E-state index contributed by atoms with van der Waals surface area (Å²) in [5, 5.41) is 2.62. The molecule has 0 aliphatic carbocycles. The minimum absolute atomic E-state index is 0.202. The first-order chi connectivity index (χ1) is 14.1. The highest BCUT2D eigenvalue weighted by Gasteiger charge is 2.23. The van der Waals surface area contributed by atoms with Crippen LogP contribution in [0.1, 0.15) is 12.0 Å². The van der Waals surface area contributed by atoms with Crippen LogP contribution >= 0.6 is 0 Å². The lowest BCUT2D eigenvalue weighted by Crippen LogP contribution is -2.48. The van der Waals surface area contributed by atoms with Gasteiger partial charge in [0.1, 0.15) is 12.2 Å². The van der Waals surface area contributed by atoms with Gasteiger partial charge in [0, 0.05) is 38.4 Å². The van der Waals surface area contributed by atoms with E-state index in [2.05, 4.69) is 10.2 Å². The monoisotopic (exact) mass is 399 g/mol. The molecule has 2 heterocycles. The molecule has 152 valence electrons. The second-order valence-corrected chi connectivity index (χ2v) is 7.08. The number of nitrogens with zero attached hydrogens (tertiary/aromatic N) is 2. The SMILES string of the molecule is O=C(CC(=O)N1CCN(Cc2ccc3c(c2)OCO3)CC1)Nc1ccc(F)cc1. The van der Waals surface area contributed by atoms with Crippen LogP contribution in [0.5, 0.6) is 11.5 Å².